The summed E-state index contributed by atoms with van der Waals surface area (Å²) in [4.78, 5) is 28.0. The molecule has 192 valence electrons. The molecule has 1 aromatic carbocycles. The second-order valence-electron chi connectivity index (χ2n) is 8.89. The predicted molar refractivity (Wildman–Crippen MR) is 118 cm³/mol. The van der Waals surface area contributed by atoms with Gasteiger partial charge in [0.1, 0.15) is 17.5 Å². The number of nitrogens with zero attached hydrogens (tertiary/aromatic N) is 1. The summed E-state index contributed by atoms with van der Waals surface area (Å²) in [5.41, 5.74) is -0.0544. The molecule has 3 rings (SSSR count). The lowest BCUT2D eigenvalue weighted by Crippen LogP contribution is -2.47. The van der Waals surface area contributed by atoms with E-state index in [9.17, 15) is 27.9 Å². The number of halogens is 3. The van der Waals surface area contributed by atoms with Crippen molar-refractivity contribution in [3.8, 4) is 17.2 Å². The summed E-state index contributed by atoms with van der Waals surface area (Å²) < 4.78 is 56.7. The molecular weight excluding hydrogens is 469 g/mol. The van der Waals surface area contributed by atoms with Crippen molar-refractivity contribution in [2.24, 2.45) is 11.8 Å². The topological polar surface area (TPSA) is 111 Å². The number of nitrogens with one attached hydrogen (secondary N) is 1. The highest BCUT2D eigenvalue weighted by atomic mass is 19.4. The highest BCUT2D eigenvalue weighted by Crippen LogP contribution is 2.37. The Morgan fingerprint density at radius 3 is 2.66 bits per heavy atom. The Kier molecular flexibility index (Phi) is 8.42. The molecule has 1 aromatic heterocycles. The first kappa shape index (κ1) is 26.5. The second-order valence-corrected chi connectivity index (χ2v) is 8.89. The molecule has 1 fully saturated rings. The number of carboxylic acids is 1. The Hall–Kier alpha value is -3.08. The average molecular weight is 498 g/mol. The zero-order valence-electron chi connectivity index (χ0n) is 19.7. The SMILES string of the molecule is COc1cccc(-c2nc(COC3CCCC(C(=O)N[C@@H](C(=O)O)C(C)C)C3)c(C(F)(F)F)o2)c1. The number of carbonyl (C=O) groups is 2. The predicted octanol–water partition coefficient (Wildman–Crippen LogP) is 4.67. The fraction of sp³-hybridized carbons (Fsp3) is 0.542. The number of hydrogen-bond donors (Lipinski definition) is 2. The zero-order chi connectivity index (χ0) is 25.8. The molecule has 1 heterocycles. The van der Waals surface area contributed by atoms with Crippen LogP contribution in [0, 0.1) is 11.8 Å². The maximum Gasteiger partial charge on any atom is 0.451 e. The molecule has 11 heteroatoms. The van der Waals surface area contributed by atoms with Crippen LogP contribution >= 0.6 is 0 Å². The molecule has 2 unspecified atom stereocenters. The molecule has 0 radical (unpaired) electrons. The molecule has 0 bridgehead atoms. The number of benzene rings is 1. The number of hydrogen-bond acceptors (Lipinski definition) is 6. The third-order valence-corrected chi connectivity index (χ3v) is 5.95. The zero-order valence-corrected chi connectivity index (χ0v) is 19.7. The van der Waals surface area contributed by atoms with E-state index < -0.39 is 48.5 Å². The molecule has 2 N–H and O–H groups in total. The number of ether oxygens (including phenoxy) is 2. The molecule has 0 spiro atoms. The Bertz CT molecular complexity index is 1040. The van der Waals surface area contributed by atoms with Gasteiger partial charge in [-0.1, -0.05) is 26.3 Å². The smallest absolute Gasteiger partial charge is 0.451 e. The minimum atomic E-state index is -4.76. The maximum absolute atomic E-state index is 13.6. The van der Waals surface area contributed by atoms with E-state index in [1.807, 2.05) is 0 Å². The molecule has 2 aromatic rings. The van der Waals surface area contributed by atoms with Crippen molar-refractivity contribution in [2.45, 2.75) is 64.5 Å². The number of aromatic nitrogens is 1. The molecule has 1 aliphatic rings. The number of carbonyl (C=O) groups excluding carboxylic acids is 1. The van der Waals surface area contributed by atoms with E-state index in [1.54, 1.807) is 32.0 Å². The number of carboxylic acid groups (broad SMARTS) is 1. The van der Waals surface area contributed by atoms with Gasteiger partial charge in [0.05, 0.1) is 19.8 Å². The van der Waals surface area contributed by atoms with Crippen LogP contribution in [0.3, 0.4) is 0 Å². The molecular formula is C24H29F3N2O6. The fourth-order valence-corrected chi connectivity index (χ4v) is 4.07. The van der Waals surface area contributed by atoms with Crippen LogP contribution in [0.4, 0.5) is 13.2 Å². The van der Waals surface area contributed by atoms with Crippen molar-refractivity contribution >= 4 is 11.9 Å². The van der Waals surface area contributed by atoms with Gasteiger partial charge in [-0.3, -0.25) is 4.79 Å². The van der Waals surface area contributed by atoms with Gasteiger partial charge in [-0.2, -0.15) is 13.2 Å². The number of aliphatic carboxylic acids is 1. The summed E-state index contributed by atoms with van der Waals surface area (Å²) in [7, 11) is 1.44. The summed E-state index contributed by atoms with van der Waals surface area (Å²) in [5.74, 6) is -3.28. The van der Waals surface area contributed by atoms with E-state index in [1.165, 1.54) is 13.2 Å². The van der Waals surface area contributed by atoms with Crippen LogP contribution in [-0.4, -0.2) is 41.2 Å². The number of methoxy groups -OCH3 is 1. The van der Waals surface area contributed by atoms with Gasteiger partial charge in [-0.05, 0) is 43.4 Å². The lowest BCUT2D eigenvalue weighted by Gasteiger charge is -2.29. The van der Waals surface area contributed by atoms with Crippen LogP contribution in [0.1, 0.15) is 51.0 Å². The average Bonchev–Trinajstić information content (AvgIpc) is 3.26. The maximum atomic E-state index is 13.6. The normalized spacial score (nSPS) is 19.4. The molecule has 1 saturated carbocycles. The van der Waals surface area contributed by atoms with E-state index in [4.69, 9.17) is 13.9 Å². The first-order valence-electron chi connectivity index (χ1n) is 11.4. The first-order chi connectivity index (χ1) is 16.5. The van der Waals surface area contributed by atoms with Crippen LogP contribution in [0.25, 0.3) is 11.5 Å². The standard InChI is InChI=1S/C24H29F3N2O6/c1-13(2)19(23(31)32)29-21(30)14-6-4-9-17(10-14)34-12-18-20(24(25,26)27)35-22(28-18)15-7-5-8-16(11-15)33-3/h5,7-8,11,13-14,17,19H,4,6,9-10,12H2,1-3H3,(H,29,30)(H,31,32)/t14?,17?,19-/m1/s1. The van der Waals surface area contributed by atoms with Crippen molar-refractivity contribution in [1.82, 2.24) is 10.3 Å². The van der Waals surface area contributed by atoms with Gasteiger partial charge in [0, 0.05) is 11.5 Å². The monoisotopic (exact) mass is 498 g/mol. The Morgan fingerprint density at radius 2 is 2.03 bits per heavy atom. The highest BCUT2D eigenvalue weighted by Gasteiger charge is 2.40. The summed E-state index contributed by atoms with van der Waals surface area (Å²) in [5, 5.41) is 11.9. The summed E-state index contributed by atoms with van der Waals surface area (Å²) >= 11 is 0. The number of amides is 1. The minimum absolute atomic E-state index is 0.205. The minimum Gasteiger partial charge on any atom is -0.497 e. The van der Waals surface area contributed by atoms with Crippen molar-refractivity contribution in [3.05, 3.63) is 35.7 Å². The van der Waals surface area contributed by atoms with Gasteiger partial charge >= 0.3 is 12.1 Å². The van der Waals surface area contributed by atoms with Crippen LogP contribution in [-0.2, 0) is 27.1 Å². The first-order valence-corrected chi connectivity index (χ1v) is 11.4. The van der Waals surface area contributed by atoms with Gasteiger partial charge in [-0.15, -0.1) is 0 Å². The Morgan fingerprint density at radius 1 is 1.29 bits per heavy atom. The molecule has 35 heavy (non-hydrogen) atoms. The lowest BCUT2D eigenvalue weighted by atomic mass is 9.86. The molecule has 3 atom stereocenters. The van der Waals surface area contributed by atoms with Gasteiger partial charge in [0.25, 0.3) is 0 Å². The lowest BCUT2D eigenvalue weighted by molar-refractivity contribution is -0.154. The quantitative estimate of drug-likeness (QED) is 0.517. The summed E-state index contributed by atoms with van der Waals surface area (Å²) in [6.45, 7) is 2.95. The Labute approximate surface area is 200 Å². The number of oxazole rings is 1. The van der Waals surface area contributed by atoms with Crippen LogP contribution < -0.4 is 10.1 Å². The third kappa shape index (κ3) is 6.74. The molecule has 0 aliphatic heterocycles. The Balaban J connectivity index is 1.69. The molecule has 1 aliphatic carbocycles. The van der Waals surface area contributed by atoms with Crippen LogP contribution in [0.5, 0.6) is 5.75 Å². The van der Waals surface area contributed by atoms with Crippen LogP contribution in [0.2, 0.25) is 0 Å². The highest BCUT2D eigenvalue weighted by molar-refractivity contribution is 5.85. The number of alkyl halides is 3. The summed E-state index contributed by atoms with van der Waals surface area (Å²) in [6.07, 6.45) is -3.22. The second kappa shape index (κ2) is 11.1. The molecule has 0 saturated heterocycles. The third-order valence-electron chi connectivity index (χ3n) is 5.95. The van der Waals surface area contributed by atoms with Crippen molar-refractivity contribution in [1.29, 1.82) is 0 Å². The number of rotatable bonds is 9. The van der Waals surface area contributed by atoms with Gasteiger partial charge in [0.15, 0.2) is 0 Å². The van der Waals surface area contributed by atoms with E-state index in [2.05, 4.69) is 10.3 Å². The molecule has 1 amide bonds. The molecule has 8 nitrogen and oxygen atoms in total. The largest absolute Gasteiger partial charge is 0.497 e. The van der Waals surface area contributed by atoms with Crippen molar-refractivity contribution in [3.63, 3.8) is 0 Å². The van der Waals surface area contributed by atoms with Gasteiger partial charge in [0.2, 0.25) is 17.6 Å². The fourth-order valence-electron chi connectivity index (χ4n) is 4.07. The van der Waals surface area contributed by atoms with E-state index in [0.29, 0.717) is 30.6 Å². The van der Waals surface area contributed by atoms with E-state index >= 15 is 0 Å². The summed E-state index contributed by atoms with van der Waals surface area (Å²) in [6, 6.07) is 5.33. The van der Waals surface area contributed by atoms with Gasteiger partial charge < -0.3 is 24.3 Å². The van der Waals surface area contributed by atoms with Crippen molar-refractivity contribution in [2.75, 3.05) is 7.11 Å². The van der Waals surface area contributed by atoms with Crippen molar-refractivity contribution < 1.29 is 41.8 Å². The van der Waals surface area contributed by atoms with E-state index in [-0.39, 0.29) is 23.9 Å². The van der Waals surface area contributed by atoms with Gasteiger partial charge in [-0.25, -0.2) is 9.78 Å². The van der Waals surface area contributed by atoms with E-state index in [0.717, 1.165) is 0 Å². The van der Waals surface area contributed by atoms with Crippen LogP contribution in [0.15, 0.2) is 28.7 Å².